The summed E-state index contributed by atoms with van der Waals surface area (Å²) in [5.74, 6) is -0.848. The number of aromatic carboxylic acids is 1. The van der Waals surface area contributed by atoms with Gasteiger partial charge >= 0.3 is 5.97 Å². The molecule has 2 aromatic rings. The van der Waals surface area contributed by atoms with E-state index in [4.69, 9.17) is 5.11 Å². The van der Waals surface area contributed by atoms with E-state index in [9.17, 15) is 4.79 Å². The number of rotatable bonds is 1. The van der Waals surface area contributed by atoms with Gasteiger partial charge in [0, 0.05) is 4.70 Å². The van der Waals surface area contributed by atoms with Crippen molar-refractivity contribution in [3.05, 3.63) is 29.1 Å². The van der Waals surface area contributed by atoms with Crippen LogP contribution in [0.3, 0.4) is 0 Å². The lowest BCUT2D eigenvalue weighted by Gasteiger charge is -1.89. The second kappa shape index (κ2) is 2.89. The fourth-order valence-corrected chi connectivity index (χ4v) is 2.24. The summed E-state index contributed by atoms with van der Waals surface area (Å²) >= 11 is 1.32. The van der Waals surface area contributed by atoms with Crippen molar-refractivity contribution in [1.82, 2.24) is 0 Å². The SMILES string of the molecule is Bc1ccc2cc(C(=O)O)sc2c1. The van der Waals surface area contributed by atoms with E-state index in [1.54, 1.807) is 6.07 Å². The van der Waals surface area contributed by atoms with Crippen LogP contribution >= 0.6 is 11.3 Å². The quantitative estimate of drug-likeness (QED) is 0.677. The van der Waals surface area contributed by atoms with Crippen LogP contribution in [0.5, 0.6) is 0 Å². The van der Waals surface area contributed by atoms with Crippen molar-refractivity contribution >= 4 is 40.7 Å². The summed E-state index contributed by atoms with van der Waals surface area (Å²) < 4.78 is 1.04. The standard InChI is InChI=1S/C9H7BO2S/c10-6-2-1-5-3-8(9(11)12)13-7(5)4-6/h1-4H,10H2,(H,11,12). The van der Waals surface area contributed by atoms with Crippen molar-refractivity contribution in [1.29, 1.82) is 0 Å². The molecule has 0 spiro atoms. The van der Waals surface area contributed by atoms with Gasteiger partial charge in [-0.2, -0.15) is 0 Å². The van der Waals surface area contributed by atoms with E-state index < -0.39 is 5.97 Å². The highest BCUT2D eigenvalue weighted by atomic mass is 32.1. The summed E-state index contributed by atoms with van der Waals surface area (Å²) in [5, 5.41) is 9.77. The molecule has 0 saturated carbocycles. The Labute approximate surface area is 80.2 Å². The van der Waals surface area contributed by atoms with Gasteiger partial charge in [0.1, 0.15) is 12.7 Å². The van der Waals surface area contributed by atoms with Crippen molar-refractivity contribution in [2.75, 3.05) is 0 Å². The molecule has 13 heavy (non-hydrogen) atoms. The smallest absolute Gasteiger partial charge is 0.345 e. The summed E-state index contributed by atoms with van der Waals surface area (Å²) in [6.07, 6.45) is 0. The van der Waals surface area contributed by atoms with Crippen molar-refractivity contribution in [3.8, 4) is 0 Å². The van der Waals surface area contributed by atoms with Crippen LogP contribution in [-0.4, -0.2) is 18.9 Å². The van der Waals surface area contributed by atoms with Crippen LogP contribution in [0.4, 0.5) is 0 Å². The largest absolute Gasteiger partial charge is 0.477 e. The van der Waals surface area contributed by atoms with Gasteiger partial charge in [-0.15, -0.1) is 11.3 Å². The predicted molar refractivity (Wildman–Crippen MR) is 57.0 cm³/mol. The van der Waals surface area contributed by atoms with Gasteiger partial charge in [-0.25, -0.2) is 4.79 Å². The summed E-state index contributed by atoms with van der Waals surface area (Å²) in [6, 6.07) is 7.66. The Morgan fingerprint density at radius 1 is 1.38 bits per heavy atom. The van der Waals surface area contributed by atoms with Gasteiger partial charge in [-0.1, -0.05) is 23.7 Å². The van der Waals surface area contributed by atoms with Crippen molar-refractivity contribution in [2.24, 2.45) is 0 Å². The lowest BCUT2D eigenvalue weighted by atomic mass is 9.96. The number of carboxylic acids is 1. The second-order valence-corrected chi connectivity index (χ2v) is 4.04. The van der Waals surface area contributed by atoms with Gasteiger partial charge in [-0.3, -0.25) is 0 Å². The highest BCUT2D eigenvalue weighted by Crippen LogP contribution is 2.24. The molecule has 0 atom stereocenters. The molecule has 0 aliphatic carbocycles. The lowest BCUT2D eigenvalue weighted by Crippen LogP contribution is -1.98. The molecule has 0 bridgehead atoms. The first-order valence-corrected chi connectivity index (χ1v) is 4.72. The van der Waals surface area contributed by atoms with E-state index in [-0.39, 0.29) is 0 Å². The first-order chi connectivity index (χ1) is 6.16. The predicted octanol–water partition coefficient (Wildman–Crippen LogP) is 0.858. The molecule has 2 nitrogen and oxygen atoms in total. The molecule has 0 aliphatic heterocycles. The van der Waals surface area contributed by atoms with Gasteiger partial charge in [0.2, 0.25) is 0 Å². The van der Waals surface area contributed by atoms with Crippen molar-refractivity contribution < 1.29 is 9.90 Å². The average molecular weight is 190 g/mol. The molecule has 0 unspecified atom stereocenters. The molecule has 64 valence electrons. The van der Waals surface area contributed by atoms with Gasteiger partial charge < -0.3 is 5.11 Å². The Hall–Kier alpha value is -1.29. The molecule has 1 heterocycles. The molecule has 1 aromatic heterocycles. The molecule has 0 saturated heterocycles. The Morgan fingerprint density at radius 3 is 2.85 bits per heavy atom. The van der Waals surface area contributed by atoms with E-state index in [1.165, 1.54) is 11.3 Å². The molecule has 0 amide bonds. The topological polar surface area (TPSA) is 37.3 Å². The highest BCUT2D eigenvalue weighted by Gasteiger charge is 2.07. The maximum absolute atomic E-state index is 10.7. The molecule has 1 aromatic carbocycles. The molecular weight excluding hydrogens is 183 g/mol. The summed E-state index contributed by atoms with van der Waals surface area (Å²) in [5.41, 5.74) is 1.16. The minimum absolute atomic E-state index is 0.403. The Morgan fingerprint density at radius 2 is 2.15 bits per heavy atom. The van der Waals surface area contributed by atoms with Gasteiger partial charge in [0.15, 0.2) is 0 Å². The number of benzene rings is 1. The summed E-state index contributed by atoms with van der Waals surface area (Å²) in [7, 11) is 2.00. The van der Waals surface area contributed by atoms with Crippen LogP contribution in [0.15, 0.2) is 24.3 Å². The maximum Gasteiger partial charge on any atom is 0.345 e. The van der Waals surface area contributed by atoms with Crippen LogP contribution in [0.2, 0.25) is 0 Å². The van der Waals surface area contributed by atoms with Crippen LogP contribution in [0.1, 0.15) is 9.67 Å². The Kier molecular flexibility index (Phi) is 1.85. The molecule has 0 aliphatic rings. The first-order valence-electron chi connectivity index (χ1n) is 3.90. The summed E-state index contributed by atoms with van der Waals surface area (Å²) in [4.78, 5) is 11.1. The number of fused-ring (bicyclic) bond motifs is 1. The van der Waals surface area contributed by atoms with E-state index in [2.05, 4.69) is 0 Å². The maximum atomic E-state index is 10.7. The number of hydrogen-bond acceptors (Lipinski definition) is 2. The van der Waals surface area contributed by atoms with Gasteiger partial charge in [0.05, 0.1) is 0 Å². The number of carbonyl (C=O) groups is 1. The monoisotopic (exact) mass is 190 g/mol. The van der Waals surface area contributed by atoms with Crippen LogP contribution in [0, 0.1) is 0 Å². The third-order valence-electron chi connectivity index (χ3n) is 1.89. The molecule has 2 rings (SSSR count). The van der Waals surface area contributed by atoms with Gasteiger partial charge in [0.25, 0.3) is 0 Å². The zero-order chi connectivity index (χ0) is 9.42. The molecule has 0 fully saturated rings. The zero-order valence-electron chi connectivity index (χ0n) is 7.07. The van der Waals surface area contributed by atoms with Gasteiger partial charge in [-0.05, 0) is 11.5 Å². The lowest BCUT2D eigenvalue weighted by molar-refractivity contribution is 0.0702. The van der Waals surface area contributed by atoms with E-state index in [0.29, 0.717) is 4.88 Å². The molecule has 4 heteroatoms. The minimum atomic E-state index is -0.848. The Balaban J connectivity index is 2.68. The van der Waals surface area contributed by atoms with Crippen LogP contribution in [0.25, 0.3) is 10.1 Å². The fourth-order valence-electron chi connectivity index (χ4n) is 1.24. The normalized spacial score (nSPS) is 10.5. The first kappa shape index (κ1) is 8.32. The Bertz CT molecular complexity index is 475. The third kappa shape index (κ3) is 1.45. The van der Waals surface area contributed by atoms with Crippen LogP contribution < -0.4 is 5.46 Å². The number of thiophene rings is 1. The molecular formula is C9H7BO2S. The number of carboxylic acid groups (broad SMARTS) is 1. The molecule has 1 N–H and O–H groups in total. The fraction of sp³-hybridized carbons (Fsp3) is 0. The number of hydrogen-bond donors (Lipinski definition) is 1. The van der Waals surface area contributed by atoms with E-state index in [1.807, 2.05) is 26.0 Å². The average Bonchev–Trinajstić information content (AvgIpc) is 2.46. The molecule has 0 radical (unpaired) electrons. The van der Waals surface area contributed by atoms with Crippen molar-refractivity contribution in [2.45, 2.75) is 0 Å². The van der Waals surface area contributed by atoms with E-state index in [0.717, 1.165) is 15.5 Å². The van der Waals surface area contributed by atoms with Crippen LogP contribution in [-0.2, 0) is 0 Å². The summed E-state index contributed by atoms with van der Waals surface area (Å²) in [6.45, 7) is 0. The second-order valence-electron chi connectivity index (χ2n) is 2.96. The minimum Gasteiger partial charge on any atom is -0.477 e. The highest BCUT2D eigenvalue weighted by molar-refractivity contribution is 7.20. The van der Waals surface area contributed by atoms with E-state index >= 15 is 0 Å². The van der Waals surface area contributed by atoms with Crippen molar-refractivity contribution in [3.63, 3.8) is 0 Å². The third-order valence-corrected chi connectivity index (χ3v) is 2.97. The zero-order valence-corrected chi connectivity index (χ0v) is 7.89.